The minimum atomic E-state index is 0.166. The molecule has 0 amide bonds. The molecule has 1 atom stereocenters. The summed E-state index contributed by atoms with van der Waals surface area (Å²) in [5.74, 6) is 0. The van der Waals surface area contributed by atoms with Crippen molar-refractivity contribution in [3.8, 4) is 0 Å². The lowest BCUT2D eigenvalue weighted by Crippen LogP contribution is -2.06. The predicted molar refractivity (Wildman–Crippen MR) is 75.0 cm³/mol. The number of nitrogens with one attached hydrogen (secondary N) is 1. The molecule has 90 valence electrons. The SMILES string of the molecule is CCc1csc(NC(C)c2ccccc2Cl)n1. The smallest absolute Gasteiger partial charge is 0.183 e. The van der Waals surface area contributed by atoms with Crippen molar-refractivity contribution in [2.24, 2.45) is 0 Å². The third kappa shape index (κ3) is 2.99. The number of thiazole rings is 1. The quantitative estimate of drug-likeness (QED) is 0.879. The van der Waals surface area contributed by atoms with E-state index in [1.807, 2.05) is 24.3 Å². The van der Waals surface area contributed by atoms with Crippen molar-refractivity contribution < 1.29 is 0 Å². The van der Waals surface area contributed by atoms with Crippen LogP contribution in [-0.4, -0.2) is 4.98 Å². The molecule has 0 saturated heterocycles. The van der Waals surface area contributed by atoms with Crippen LogP contribution in [0.4, 0.5) is 5.13 Å². The van der Waals surface area contributed by atoms with Crippen LogP contribution in [0.3, 0.4) is 0 Å². The Balaban J connectivity index is 2.11. The van der Waals surface area contributed by atoms with Gasteiger partial charge < -0.3 is 5.32 Å². The first-order valence-electron chi connectivity index (χ1n) is 5.66. The number of aryl methyl sites for hydroxylation is 1. The van der Waals surface area contributed by atoms with Crippen molar-refractivity contribution in [2.45, 2.75) is 26.3 Å². The molecule has 2 aromatic rings. The minimum Gasteiger partial charge on any atom is -0.355 e. The van der Waals surface area contributed by atoms with Crippen molar-refractivity contribution in [3.63, 3.8) is 0 Å². The van der Waals surface area contributed by atoms with Crippen LogP contribution < -0.4 is 5.32 Å². The molecule has 1 heterocycles. The Morgan fingerprint density at radius 3 is 2.82 bits per heavy atom. The molecule has 0 aliphatic rings. The van der Waals surface area contributed by atoms with E-state index in [1.165, 1.54) is 0 Å². The number of halogens is 1. The van der Waals surface area contributed by atoms with Crippen LogP contribution in [0.25, 0.3) is 0 Å². The van der Waals surface area contributed by atoms with Crippen LogP contribution >= 0.6 is 22.9 Å². The number of rotatable bonds is 4. The predicted octanol–water partition coefficient (Wildman–Crippen LogP) is 4.53. The lowest BCUT2D eigenvalue weighted by Gasteiger charge is -2.14. The number of nitrogens with zero attached hydrogens (tertiary/aromatic N) is 1. The van der Waals surface area contributed by atoms with E-state index >= 15 is 0 Å². The topological polar surface area (TPSA) is 24.9 Å². The van der Waals surface area contributed by atoms with Gasteiger partial charge in [0.2, 0.25) is 0 Å². The van der Waals surface area contributed by atoms with E-state index in [0.717, 1.165) is 27.8 Å². The molecule has 0 bridgehead atoms. The second kappa shape index (κ2) is 5.52. The molecule has 0 radical (unpaired) electrons. The molecule has 1 unspecified atom stereocenters. The zero-order valence-electron chi connectivity index (χ0n) is 9.90. The Labute approximate surface area is 111 Å². The molecule has 1 N–H and O–H groups in total. The number of aromatic nitrogens is 1. The fourth-order valence-corrected chi connectivity index (χ4v) is 2.81. The van der Waals surface area contributed by atoms with Gasteiger partial charge in [-0.2, -0.15) is 0 Å². The van der Waals surface area contributed by atoms with E-state index in [9.17, 15) is 0 Å². The van der Waals surface area contributed by atoms with Gasteiger partial charge in [-0.25, -0.2) is 4.98 Å². The van der Waals surface area contributed by atoms with Crippen molar-refractivity contribution in [1.29, 1.82) is 0 Å². The maximum absolute atomic E-state index is 6.16. The first-order valence-corrected chi connectivity index (χ1v) is 6.92. The summed E-state index contributed by atoms with van der Waals surface area (Å²) in [6, 6.07) is 8.05. The molecule has 17 heavy (non-hydrogen) atoms. The average molecular weight is 267 g/mol. The van der Waals surface area contributed by atoms with Gasteiger partial charge in [-0.1, -0.05) is 36.7 Å². The second-order valence-corrected chi connectivity index (χ2v) is 5.15. The van der Waals surface area contributed by atoms with Crippen LogP contribution in [-0.2, 0) is 6.42 Å². The van der Waals surface area contributed by atoms with Crippen molar-refractivity contribution in [1.82, 2.24) is 4.98 Å². The summed E-state index contributed by atoms with van der Waals surface area (Å²) in [4.78, 5) is 4.49. The summed E-state index contributed by atoms with van der Waals surface area (Å²) in [5, 5.41) is 7.21. The molecule has 4 heteroatoms. The highest BCUT2D eigenvalue weighted by Crippen LogP contribution is 2.27. The van der Waals surface area contributed by atoms with Crippen molar-refractivity contribution in [2.75, 3.05) is 5.32 Å². The van der Waals surface area contributed by atoms with Gasteiger partial charge >= 0.3 is 0 Å². The van der Waals surface area contributed by atoms with Crippen LogP contribution in [0.2, 0.25) is 5.02 Å². The van der Waals surface area contributed by atoms with E-state index in [4.69, 9.17) is 11.6 Å². The Morgan fingerprint density at radius 2 is 2.18 bits per heavy atom. The Hall–Kier alpha value is -1.06. The van der Waals surface area contributed by atoms with Gasteiger partial charge in [-0.15, -0.1) is 11.3 Å². The summed E-state index contributed by atoms with van der Waals surface area (Å²) in [6.45, 7) is 4.20. The fourth-order valence-electron chi connectivity index (χ4n) is 1.62. The molecular weight excluding hydrogens is 252 g/mol. The summed E-state index contributed by atoms with van der Waals surface area (Å²) < 4.78 is 0. The third-order valence-corrected chi connectivity index (χ3v) is 3.79. The fraction of sp³-hybridized carbons (Fsp3) is 0.308. The Bertz CT molecular complexity index is 496. The summed E-state index contributed by atoms with van der Waals surface area (Å²) in [6.07, 6.45) is 0.971. The lowest BCUT2D eigenvalue weighted by molar-refractivity contribution is 0.878. The largest absolute Gasteiger partial charge is 0.355 e. The number of anilines is 1. The third-order valence-electron chi connectivity index (χ3n) is 2.63. The maximum atomic E-state index is 6.16. The molecule has 1 aromatic carbocycles. The number of hydrogen-bond acceptors (Lipinski definition) is 3. The molecule has 0 aliphatic heterocycles. The molecule has 2 nitrogen and oxygen atoms in total. The molecule has 2 rings (SSSR count). The molecular formula is C13H15ClN2S. The molecule has 0 saturated carbocycles. The van der Waals surface area contributed by atoms with E-state index < -0.39 is 0 Å². The molecule has 0 aliphatic carbocycles. The normalized spacial score (nSPS) is 12.4. The summed E-state index contributed by atoms with van der Waals surface area (Å²) in [7, 11) is 0. The van der Waals surface area contributed by atoms with Gasteiger partial charge in [0.15, 0.2) is 5.13 Å². The van der Waals surface area contributed by atoms with Crippen LogP contribution in [0, 0.1) is 0 Å². The highest BCUT2D eigenvalue weighted by molar-refractivity contribution is 7.13. The van der Waals surface area contributed by atoms with Gasteiger partial charge in [0.05, 0.1) is 11.7 Å². The molecule has 1 aromatic heterocycles. The Morgan fingerprint density at radius 1 is 1.41 bits per heavy atom. The maximum Gasteiger partial charge on any atom is 0.183 e. The van der Waals surface area contributed by atoms with E-state index in [0.29, 0.717) is 0 Å². The highest BCUT2D eigenvalue weighted by Gasteiger charge is 2.10. The lowest BCUT2D eigenvalue weighted by atomic mass is 10.1. The second-order valence-electron chi connectivity index (χ2n) is 3.89. The van der Waals surface area contributed by atoms with Crippen molar-refractivity contribution in [3.05, 3.63) is 45.9 Å². The standard InChI is InChI=1S/C13H15ClN2S/c1-3-10-8-17-13(16-10)15-9(2)11-6-4-5-7-12(11)14/h4-9H,3H2,1-2H3,(H,15,16). The summed E-state index contributed by atoms with van der Waals surface area (Å²) in [5.41, 5.74) is 2.23. The number of benzene rings is 1. The minimum absolute atomic E-state index is 0.166. The van der Waals surface area contributed by atoms with Gasteiger partial charge in [0, 0.05) is 10.4 Å². The van der Waals surface area contributed by atoms with Crippen molar-refractivity contribution >= 4 is 28.1 Å². The van der Waals surface area contributed by atoms with E-state index in [2.05, 4.69) is 29.5 Å². The zero-order valence-corrected chi connectivity index (χ0v) is 11.5. The van der Waals surface area contributed by atoms with Gasteiger partial charge in [-0.05, 0) is 25.0 Å². The van der Waals surface area contributed by atoms with Gasteiger partial charge in [-0.3, -0.25) is 0 Å². The summed E-state index contributed by atoms with van der Waals surface area (Å²) >= 11 is 7.80. The molecule has 0 fully saturated rings. The Kier molecular flexibility index (Phi) is 4.02. The van der Waals surface area contributed by atoms with Gasteiger partial charge in [0.1, 0.15) is 0 Å². The van der Waals surface area contributed by atoms with Crippen LogP contribution in [0.5, 0.6) is 0 Å². The first kappa shape index (κ1) is 12.4. The van der Waals surface area contributed by atoms with Crippen LogP contribution in [0.1, 0.15) is 31.1 Å². The molecule has 0 spiro atoms. The monoisotopic (exact) mass is 266 g/mol. The van der Waals surface area contributed by atoms with Crippen LogP contribution in [0.15, 0.2) is 29.6 Å². The first-order chi connectivity index (χ1) is 8.20. The van der Waals surface area contributed by atoms with E-state index in [-0.39, 0.29) is 6.04 Å². The zero-order chi connectivity index (χ0) is 12.3. The van der Waals surface area contributed by atoms with E-state index in [1.54, 1.807) is 11.3 Å². The number of hydrogen-bond donors (Lipinski definition) is 1. The highest BCUT2D eigenvalue weighted by atomic mass is 35.5. The van der Waals surface area contributed by atoms with Gasteiger partial charge in [0.25, 0.3) is 0 Å². The average Bonchev–Trinajstić information content (AvgIpc) is 2.77.